The molecule has 0 fully saturated rings. The molecular weight excluding hydrogens is 216 g/mol. The van der Waals surface area contributed by atoms with Gasteiger partial charge in [-0.25, -0.2) is 0 Å². The second kappa shape index (κ2) is 5.19. The van der Waals surface area contributed by atoms with E-state index in [0.29, 0.717) is 6.42 Å². The van der Waals surface area contributed by atoms with E-state index in [1.54, 1.807) is 6.92 Å². The molecule has 1 aromatic rings. The van der Waals surface area contributed by atoms with Gasteiger partial charge in [-0.2, -0.15) is 0 Å². The Labute approximate surface area is 102 Å². The largest absolute Gasteiger partial charge is 0.491 e. The van der Waals surface area contributed by atoms with Gasteiger partial charge in [-0.15, -0.1) is 0 Å². The summed E-state index contributed by atoms with van der Waals surface area (Å²) in [7, 11) is 0. The normalized spacial score (nSPS) is 16.0. The molecule has 1 rings (SSSR count). The van der Waals surface area contributed by atoms with Crippen LogP contribution >= 0.6 is 0 Å². The highest BCUT2D eigenvalue weighted by atomic mass is 16.5. The molecule has 0 aromatic heterocycles. The fourth-order valence-electron chi connectivity index (χ4n) is 1.59. The fraction of sp³-hybridized carbons (Fsp3) is 0.462. The lowest BCUT2D eigenvalue weighted by Gasteiger charge is -2.25. The van der Waals surface area contributed by atoms with Gasteiger partial charge >= 0.3 is 0 Å². The highest BCUT2D eigenvalue weighted by molar-refractivity contribution is 5.83. The third-order valence-electron chi connectivity index (χ3n) is 2.63. The van der Waals surface area contributed by atoms with Crippen molar-refractivity contribution in [3.63, 3.8) is 0 Å². The molecular formula is C13H20N2O2. The standard InChI is InChI=1S/C13H20N2O2/c1-9-4-6-11(7-5-9)17-10(2)8-13(3,15)12(14)16/h4-7,10H,8,15H2,1-3H3,(H2,14,16). The zero-order chi connectivity index (χ0) is 13.1. The molecule has 0 radical (unpaired) electrons. The van der Waals surface area contributed by atoms with Crippen molar-refractivity contribution in [1.29, 1.82) is 0 Å². The van der Waals surface area contributed by atoms with E-state index in [0.717, 1.165) is 5.75 Å². The Morgan fingerprint density at radius 2 is 1.94 bits per heavy atom. The van der Waals surface area contributed by atoms with E-state index in [1.165, 1.54) is 5.56 Å². The Morgan fingerprint density at radius 3 is 2.41 bits per heavy atom. The lowest BCUT2D eigenvalue weighted by Crippen LogP contribution is -2.51. The maximum absolute atomic E-state index is 11.1. The predicted octanol–water partition coefficient (Wildman–Crippen LogP) is 1.36. The first-order valence-electron chi connectivity index (χ1n) is 5.63. The number of ether oxygens (including phenoxy) is 1. The number of rotatable bonds is 5. The molecule has 0 saturated heterocycles. The Morgan fingerprint density at radius 1 is 1.41 bits per heavy atom. The summed E-state index contributed by atoms with van der Waals surface area (Å²) < 4.78 is 5.67. The zero-order valence-corrected chi connectivity index (χ0v) is 10.6. The van der Waals surface area contributed by atoms with Crippen LogP contribution in [0, 0.1) is 6.92 Å². The number of carbonyl (C=O) groups is 1. The van der Waals surface area contributed by atoms with Crippen molar-refractivity contribution < 1.29 is 9.53 Å². The molecule has 1 amide bonds. The number of primary amides is 1. The molecule has 2 unspecified atom stereocenters. The Hall–Kier alpha value is -1.55. The minimum Gasteiger partial charge on any atom is -0.491 e. The van der Waals surface area contributed by atoms with Crippen LogP contribution in [0.1, 0.15) is 25.8 Å². The summed E-state index contributed by atoms with van der Waals surface area (Å²) in [5.41, 5.74) is 11.1. The van der Waals surface area contributed by atoms with Crippen molar-refractivity contribution in [3.8, 4) is 5.75 Å². The van der Waals surface area contributed by atoms with Crippen molar-refractivity contribution in [2.75, 3.05) is 0 Å². The van der Waals surface area contributed by atoms with E-state index >= 15 is 0 Å². The number of amides is 1. The highest BCUT2D eigenvalue weighted by Gasteiger charge is 2.28. The van der Waals surface area contributed by atoms with E-state index in [-0.39, 0.29) is 6.10 Å². The molecule has 4 heteroatoms. The molecule has 0 aliphatic carbocycles. The second-order valence-corrected chi connectivity index (χ2v) is 4.73. The van der Waals surface area contributed by atoms with Gasteiger partial charge in [-0.05, 0) is 32.9 Å². The van der Waals surface area contributed by atoms with E-state index in [9.17, 15) is 4.79 Å². The van der Waals surface area contributed by atoms with Gasteiger partial charge in [-0.1, -0.05) is 17.7 Å². The maximum atomic E-state index is 11.1. The first-order chi connectivity index (χ1) is 7.81. The molecule has 94 valence electrons. The van der Waals surface area contributed by atoms with Crippen molar-refractivity contribution >= 4 is 5.91 Å². The summed E-state index contributed by atoms with van der Waals surface area (Å²) in [5, 5.41) is 0. The number of carbonyl (C=O) groups excluding carboxylic acids is 1. The maximum Gasteiger partial charge on any atom is 0.237 e. The van der Waals surface area contributed by atoms with Gasteiger partial charge in [0.2, 0.25) is 5.91 Å². The van der Waals surface area contributed by atoms with Crippen molar-refractivity contribution in [2.24, 2.45) is 11.5 Å². The predicted molar refractivity (Wildman–Crippen MR) is 67.7 cm³/mol. The lowest BCUT2D eigenvalue weighted by atomic mass is 9.95. The van der Waals surface area contributed by atoms with Gasteiger partial charge in [0.25, 0.3) is 0 Å². The van der Waals surface area contributed by atoms with Gasteiger partial charge in [-0.3, -0.25) is 4.79 Å². The molecule has 0 saturated carbocycles. The van der Waals surface area contributed by atoms with E-state index in [4.69, 9.17) is 16.2 Å². The molecule has 0 heterocycles. The molecule has 1 aromatic carbocycles. The van der Waals surface area contributed by atoms with Crippen LogP contribution in [0.4, 0.5) is 0 Å². The number of hydrogen-bond acceptors (Lipinski definition) is 3. The molecule has 2 atom stereocenters. The number of aryl methyl sites for hydroxylation is 1. The molecule has 17 heavy (non-hydrogen) atoms. The SMILES string of the molecule is Cc1ccc(OC(C)CC(C)(N)C(N)=O)cc1. The van der Waals surface area contributed by atoms with E-state index < -0.39 is 11.4 Å². The van der Waals surface area contributed by atoms with Crippen LogP contribution in [0.5, 0.6) is 5.75 Å². The Balaban J connectivity index is 2.58. The summed E-state index contributed by atoms with van der Waals surface area (Å²) in [6.45, 7) is 5.50. The quantitative estimate of drug-likeness (QED) is 0.810. The van der Waals surface area contributed by atoms with E-state index in [1.807, 2.05) is 38.1 Å². The van der Waals surface area contributed by atoms with Gasteiger partial charge in [0.1, 0.15) is 5.75 Å². The minimum absolute atomic E-state index is 0.166. The zero-order valence-electron chi connectivity index (χ0n) is 10.6. The third kappa shape index (κ3) is 4.07. The fourth-order valence-corrected chi connectivity index (χ4v) is 1.59. The monoisotopic (exact) mass is 236 g/mol. The van der Waals surface area contributed by atoms with Crippen LogP contribution in [-0.4, -0.2) is 17.6 Å². The van der Waals surface area contributed by atoms with Crippen molar-refractivity contribution in [1.82, 2.24) is 0 Å². The summed E-state index contributed by atoms with van der Waals surface area (Å²) in [5.74, 6) is 0.250. The van der Waals surface area contributed by atoms with Crippen LogP contribution in [0.25, 0.3) is 0 Å². The first kappa shape index (κ1) is 13.5. The second-order valence-electron chi connectivity index (χ2n) is 4.73. The summed E-state index contributed by atoms with van der Waals surface area (Å²) in [6.07, 6.45) is 0.219. The highest BCUT2D eigenvalue weighted by Crippen LogP contribution is 2.17. The molecule has 4 nitrogen and oxygen atoms in total. The first-order valence-corrected chi connectivity index (χ1v) is 5.63. The van der Waals surface area contributed by atoms with Crippen LogP contribution in [-0.2, 0) is 4.79 Å². The van der Waals surface area contributed by atoms with Crippen molar-refractivity contribution in [3.05, 3.63) is 29.8 Å². The lowest BCUT2D eigenvalue weighted by molar-refractivity contribution is -0.123. The van der Waals surface area contributed by atoms with Gasteiger partial charge in [0.15, 0.2) is 0 Å². The van der Waals surface area contributed by atoms with Crippen molar-refractivity contribution in [2.45, 2.75) is 38.8 Å². The molecule has 0 bridgehead atoms. The molecule has 0 spiro atoms. The Kier molecular flexibility index (Phi) is 4.12. The van der Waals surface area contributed by atoms with Crippen LogP contribution < -0.4 is 16.2 Å². The smallest absolute Gasteiger partial charge is 0.237 e. The Bertz CT molecular complexity index is 385. The van der Waals surface area contributed by atoms with Crippen LogP contribution in [0.15, 0.2) is 24.3 Å². The van der Waals surface area contributed by atoms with Crippen LogP contribution in [0.3, 0.4) is 0 Å². The van der Waals surface area contributed by atoms with Gasteiger partial charge < -0.3 is 16.2 Å². The molecule has 0 aliphatic heterocycles. The van der Waals surface area contributed by atoms with Gasteiger partial charge in [0.05, 0.1) is 11.6 Å². The molecule has 4 N–H and O–H groups in total. The summed E-state index contributed by atoms with van der Waals surface area (Å²) >= 11 is 0. The minimum atomic E-state index is -1.04. The summed E-state index contributed by atoms with van der Waals surface area (Å²) in [4.78, 5) is 11.1. The van der Waals surface area contributed by atoms with Crippen LogP contribution in [0.2, 0.25) is 0 Å². The third-order valence-corrected chi connectivity index (χ3v) is 2.63. The average molecular weight is 236 g/mol. The summed E-state index contributed by atoms with van der Waals surface area (Å²) in [6, 6.07) is 7.73. The topological polar surface area (TPSA) is 78.3 Å². The number of benzene rings is 1. The number of nitrogens with two attached hydrogens (primary N) is 2. The van der Waals surface area contributed by atoms with E-state index in [2.05, 4.69) is 0 Å². The average Bonchev–Trinajstić information content (AvgIpc) is 2.20. The number of hydrogen-bond donors (Lipinski definition) is 2. The molecule has 0 aliphatic rings. The van der Waals surface area contributed by atoms with Gasteiger partial charge in [0, 0.05) is 6.42 Å².